The summed E-state index contributed by atoms with van der Waals surface area (Å²) in [6.07, 6.45) is 2.66. The summed E-state index contributed by atoms with van der Waals surface area (Å²) in [5.41, 5.74) is 7.52. The molecule has 0 spiro atoms. The Bertz CT molecular complexity index is 552. The molecule has 2 aromatic rings. The first-order valence-corrected chi connectivity index (χ1v) is 7.96. The zero-order valence-electron chi connectivity index (χ0n) is 12.1. The van der Waals surface area contributed by atoms with Gasteiger partial charge in [0.25, 0.3) is 0 Å². The number of hydrogen-bond donors (Lipinski definition) is 1. The Kier molecular flexibility index (Phi) is 5.27. The normalized spacial score (nSPS) is 14.7. The maximum absolute atomic E-state index is 6.32. The molecule has 0 fully saturated rings. The van der Waals surface area contributed by atoms with Gasteiger partial charge in [-0.2, -0.15) is 0 Å². The Morgan fingerprint density at radius 3 is 2.65 bits per heavy atom. The molecule has 20 heavy (non-hydrogen) atoms. The van der Waals surface area contributed by atoms with Crippen LogP contribution in [0.3, 0.4) is 0 Å². The van der Waals surface area contributed by atoms with Gasteiger partial charge in [-0.3, -0.25) is 4.90 Å². The summed E-state index contributed by atoms with van der Waals surface area (Å²) in [6.45, 7) is 4.92. The second-order valence-corrected chi connectivity index (χ2v) is 6.82. The lowest BCUT2D eigenvalue weighted by Crippen LogP contribution is -2.38. The number of nitrogens with zero attached hydrogens (tertiary/aromatic N) is 1. The SMILES string of the molecule is CCC(N)C(c1ccc(Cl)s1)N(C)Cc1ccoc1C. The topological polar surface area (TPSA) is 42.4 Å². The molecular formula is C15H21ClN2OS. The van der Waals surface area contributed by atoms with Gasteiger partial charge in [-0.25, -0.2) is 0 Å². The number of likely N-dealkylation sites (N-methyl/N-ethyl adjacent to an activating group) is 1. The maximum Gasteiger partial charge on any atom is 0.105 e. The van der Waals surface area contributed by atoms with E-state index in [-0.39, 0.29) is 12.1 Å². The third-order valence-corrected chi connectivity index (χ3v) is 4.93. The highest BCUT2D eigenvalue weighted by Crippen LogP contribution is 2.33. The standard InChI is InChI=1S/C15H21ClN2OS/c1-4-12(17)15(13-5-6-14(16)20-13)18(3)9-11-7-8-19-10(11)2/h5-8,12,15H,4,9,17H2,1-3H3. The molecule has 0 radical (unpaired) electrons. The van der Waals surface area contributed by atoms with E-state index in [1.54, 1.807) is 17.6 Å². The predicted molar refractivity (Wildman–Crippen MR) is 85.2 cm³/mol. The Hall–Kier alpha value is -0.810. The van der Waals surface area contributed by atoms with Crippen LogP contribution in [0.5, 0.6) is 0 Å². The molecular weight excluding hydrogens is 292 g/mol. The zero-order valence-corrected chi connectivity index (χ0v) is 13.7. The summed E-state index contributed by atoms with van der Waals surface area (Å²) in [5.74, 6) is 0.963. The molecule has 0 bridgehead atoms. The number of thiophene rings is 1. The molecule has 2 heterocycles. The van der Waals surface area contributed by atoms with Crippen molar-refractivity contribution in [3.63, 3.8) is 0 Å². The molecule has 3 nitrogen and oxygen atoms in total. The van der Waals surface area contributed by atoms with Crippen LogP contribution in [-0.4, -0.2) is 18.0 Å². The van der Waals surface area contributed by atoms with Crippen molar-refractivity contribution in [1.29, 1.82) is 0 Å². The minimum Gasteiger partial charge on any atom is -0.469 e. The van der Waals surface area contributed by atoms with Crippen molar-refractivity contribution in [2.45, 2.75) is 38.9 Å². The second-order valence-electron chi connectivity index (χ2n) is 5.08. The summed E-state index contributed by atoms with van der Waals surface area (Å²) in [6, 6.07) is 6.29. The smallest absolute Gasteiger partial charge is 0.105 e. The molecule has 2 rings (SSSR count). The van der Waals surface area contributed by atoms with Gasteiger partial charge in [-0.05, 0) is 38.6 Å². The van der Waals surface area contributed by atoms with Gasteiger partial charge in [0.05, 0.1) is 16.6 Å². The van der Waals surface area contributed by atoms with Gasteiger partial charge >= 0.3 is 0 Å². The summed E-state index contributed by atoms with van der Waals surface area (Å²) in [4.78, 5) is 3.49. The van der Waals surface area contributed by atoms with E-state index in [0.29, 0.717) is 0 Å². The van der Waals surface area contributed by atoms with Crippen molar-refractivity contribution in [3.05, 3.63) is 45.0 Å². The fourth-order valence-electron chi connectivity index (χ4n) is 2.41. The Morgan fingerprint density at radius 1 is 1.40 bits per heavy atom. The molecule has 2 atom stereocenters. The first-order chi connectivity index (χ1) is 9.52. The number of furan rings is 1. The molecule has 0 amide bonds. The van der Waals surface area contributed by atoms with E-state index in [1.807, 2.05) is 19.1 Å². The first-order valence-electron chi connectivity index (χ1n) is 6.77. The lowest BCUT2D eigenvalue weighted by Gasteiger charge is -2.31. The van der Waals surface area contributed by atoms with Gasteiger partial charge in [0.15, 0.2) is 0 Å². The van der Waals surface area contributed by atoms with Crippen molar-refractivity contribution in [2.24, 2.45) is 5.73 Å². The summed E-state index contributed by atoms with van der Waals surface area (Å²) < 4.78 is 6.17. The molecule has 5 heteroatoms. The van der Waals surface area contributed by atoms with Crippen LogP contribution < -0.4 is 5.73 Å². The van der Waals surface area contributed by atoms with Crippen LogP contribution in [0, 0.1) is 6.92 Å². The molecule has 0 saturated carbocycles. The number of aryl methyl sites for hydroxylation is 1. The predicted octanol–water partition coefficient (Wildman–Crippen LogP) is 4.21. The number of hydrogen-bond acceptors (Lipinski definition) is 4. The molecule has 110 valence electrons. The quantitative estimate of drug-likeness (QED) is 0.868. The van der Waals surface area contributed by atoms with Gasteiger partial charge < -0.3 is 10.2 Å². The molecule has 0 aliphatic rings. The van der Waals surface area contributed by atoms with Gasteiger partial charge in [0.1, 0.15) is 5.76 Å². The van der Waals surface area contributed by atoms with Crippen LogP contribution >= 0.6 is 22.9 Å². The van der Waals surface area contributed by atoms with Crippen molar-refractivity contribution < 1.29 is 4.42 Å². The fourth-order valence-corrected chi connectivity index (χ4v) is 3.71. The van der Waals surface area contributed by atoms with Gasteiger partial charge in [0, 0.05) is 23.0 Å². The fraction of sp³-hybridized carbons (Fsp3) is 0.467. The van der Waals surface area contributed by atoms with E-state index in [1.165, 1.54) is 10.4 Å². The van der Waals surface area contributed by atoms with Crippen molar-refractivity contribution in [3.8, 4) is 0 Å². The Labute approximate surface area is 129 Å². The lowest BCUT2D eigenvalue weighted by molar-refractivity contribution is 0.204. The largest absolute Gasteiger partial charge is 0.469 e. The highest BCUT2D eigenvalue weighted by atomic mass is 35.5. The minimum absolute atomic E-state index is 0.0851. The number of rotatable bonds is 6. The van der Waals surface area contributed by atoms with Gasteiger partial charge in [-0.15, -0.1) is 11.3 Å². The summed E-state index contributed by atoms with van der Waals surface area (Å²) in [7, 11) is 2.10. The lowest BCUT2D eigenvalue weighted by atomic mass is 10.0. The average Bonchev–Trinajstić information content (AvgIpc) is 2.99. The van der Waals surface area contributed by atoms with Crippen LogP contribution in [0.2, 0.25) is 4.34 Å². The van der Waals surface area contributed by atoms with Crippen LogP contribution in [0.4, 0.5) is 0 Å². The van der Waals surface area contributed by atoms with E-state index >= 15 is 0 Å². The Morgan fingerprint density at radius 2 is 2.15 bits per heavy atom. The Balaban J connectivity index is 2.20. The second kappa shape index (κ2) is 6.76. The molecule has 2 unspecified atom stereocenters. The molecule has 0 aromatic carbocycles. The summed E-state index contributed by atoms with van der Waals surface area (Å²) >= 11 is 7.67. The summed E-state index contributed by atoms with van der Waals surface area (Å²) in [5, 5.41) is 0. The van der Waals surface area contributed by atoms with Crippen molar-refractivity contribution in [1.82, 2.24) is 4.90 Å². The molecule has 0 saturated heterocycles. The first kappa shape index (κ1) is 15.6. The van der Waals surface area contributed by atoms with E-state index < -0.39 is 0 Å². The van der Waals surface area contributed by atoms with Crippen molar-refractivity contribution in [2.75, 3.05) is 7.05 Å². The van der Waals surface area contributed by atoms with Gasteiger partial charge in [0.2, 0.25) is 0 Å². The van der Waals surface area contributed by atoms with Crippen LogP contribution in [-0.2, 0) is 6.54 Å². The third kappa shape index (κ3) is 3.44. The number of nitrogens with two attached hydrogens (primary N) is 1. The highest BCUT2D eigenvalue weighted by molar-refractivity contribution is 7.16. The van der Waals surface area contributed by atoms with Crippen LogP contribution in [0.25, 0.3) is 0 Å². The van der Waals surface area contributed by atoms with Gasteiger partial charge in [-0.1, -0.05) is 18.5 Å². The monoisotopic (exact) mass is 312 g/mol. The maximum atomic E-state index is 6.32. The van der Waals surface area contributed by atoms with Crippen LogP contribution in [0.15, 0.2) is 28.9 Å². The highest BCUT2D eigenvalue weighted by Gasteiger charge is 2.25. The molecule has 0 aliphatic carbocycles. The molecule has 0 aliphatic heterocycles. The minimum atomic E-state index is 0.0851. The molecule has 2 aromatic heterocycles. The van der Waals surface area contributed by atoms with Crippen LogP contribution in [0.1, 0.15) is 35.6 Å². The van der Waals surface area contributed by atoms with E-state index in [0.717, 1.165) is 23.1 Å². The van der Waals surface area contributed by atoms with E-state index in [9.17, 15) is 0 Å². The van der Waals surface area contributed by atoms with E-state index in [2.05, 4.69) is 24.9 Å². The number of halogens is 1. The van der Waals surface area contributed by atoms with E-state index in [4.69, 9.17) is 21.8 Å². The third-order valence-electron chi connectivity index (χ3n) is 3.62. The van der Waals surface area contributed by atoms with Crippen molar-refractivity contribution >= 4 is 22.9 Å². The average molecular weight is 313 g/mol. The zero-order chi connectivity index (χ0) is 14.7. The molecule has 2 N–H and O–H groups in total.